The lowest BCUT2D eigenvalue weighted by Crippen LogP contribution is -2.73. The zero-order valence-electron chi connectivity index (χ0n) is 29.0. The minimum Gasteiger partial charge on any atom is -0.0730 e. The van der Waals surface area contributed by atoms with E-state index in [0.717, 1.165) is 12.8 Å². The maximum Gasteiger partial charge on any atom is 0.161 e. The van der Waals surface area contributed by atoms with Gasteiger partial charge in [-0.05, 0) is 108 Å². The van der Waals surface area contributed by atoms with E-state index in [1.165, 1.54) is 76.8 Å². The Bertz CT molecular complexity index is 1860. The lowest BCUT2D eigenvalue weighted by molar-refractivity contribution is 0.870. The Morgan fingerprint density at radius 2 is 0.957 bits per heavy atom. The Labute approximate surface area is 278 Å². The zero-order chi connectivity index (χ0) is 32.6. The highest BCUT2D eigenvalue weighted by Gasteiger charge is 2.56. The van der Waals surface area contributed by atoms with Crippen LogP contribution >= 0.6 is 0 Å². The lowest BCUT2D eigenvalue weighted by Gasteiger charge is -2.48. The highest BCUT2D eigenvalue weighted by atomic mass is 28.3. The molecule has 0 saturated heterocycles. The highest BCUT2D eigenvalue weighted by Crippen LogP contribution is 2.53. The monoisotopic (exact) mass is 616 g/mol. The molecule has 0 aromatic heterocycles. The molecule has 0 aliphatic heterocycles. The lowest BCUT2D eigenvalue weighted by atomic mass is 9.99. The number of hydrogen-bond donors (Lipinski definition) is 0. The van der Waals surface area contributed by atoms with Crippen LogP contribution in [0.4, 0.5) is 0 Å². The van der Waals surface area contributed by atoms with Crippen LogP contribution in [0.1, 0.15) is 63.8 Å². The number of benzene rings is 5. The number of hydrogen-bond acceptors (Lipinski definition) is 0. The van der Waals surface area contributed by atoms with E-state index in [1.807, 2.05) is 0 Å². The van der Waals surface area contributed by atoms with Gasteiger partial charge in [-0.2, -0.15) is 0 Å². The summed E-state index contributed by atoms with van der Waals surface area (Å²) in [6.07, 6.45) is 4.69. The summed E-state index contributed by atoms with van der Waals surface area (Å²) in [6, 6.07) is 44.4. The second-order valence-corrected chi connectivity index (χ2v) is 18.0. The molecule has 0 saturated carbocycles. The van der Waals surface area contributed by atoms with Crippen molar-refractivity contribution in [2.75, 3.05) is 0 Å². The van der Waals surface area contributed by atoms with Gasteiger partial charge >= 0.3 is 0 Å². The molecular weight excluding hydrogens is 569 g/mol. The Morgan fingerprint density at radius 1 is 0.500 bits per heavy atom. The summed E-state index contributed by atoms with van der Waals surface area (Å²) in [7, 11) is -2.88. The molecule has 0 nitrogen and oxygen atoms in total. The van der Waals surface area contributed by atoms with E-state index in [1.54, 1.807) is 0 Å². The van der Waals surface area contributed by atoms with Crippen LogP contribution in [-0.2, 0) is 12.8 Å². The van der Waals surface area contributed by atoms with Gasteiger partial charge in [0, 0.05) is 5.04 Å². The average molecular weight is 617 g/mol. The standard InChI is InChI=1S/C45H48Si/c1-9-36-24-37(10-2)26-43(25-36)46(42-22-31(3)21-32(4)23-42,45(8)30-33(5)34(6)35(45)7)44-28-40(38-17-13-11-14-18-38)27-41(29-44)39-19-15-12-16-20-39/h11-30H,9-10H2,1-8H3. The molecule has 0 heterocycles. The first kappa shape index (κ1) is 31.8. The first-order valence-corrected chi connectivity index (χ1v) is 19.0. The highest BCUT2D eigenvalue weighted by molar-refractivity contribution is 7.14. The molecule has 2 unspecified atom stereocenters. The van der Waals surface area contributed by atoms with E-state index in [2.05, 4.69) is 177 Å². The van der Waals surface area contributed by atoms with Gasteiger partial charge in [0.2, 0.25) is 0 Å². The van der Waals surface area contributed by atoms with Crippen molar-refractivity contribution in [1.29, 1.82) is 0 Å². The molecule has 232 valence electrons. The summed E-state index contributed by atoms with van der Waals surface area (Å²) >= 11 is 0. The molecule has 1 heteroatoms. The molecule has 0 radical (unpaired) electrons. The van der Waals surface area contributed by atoms with Gasteiger partial charge in [-0.3, -0.25) is 0 Å². The van der Waals surface area contributed by atoms with Crippen molar-refractivity contribution < 1.29 is 0 Å². The van der Waals surface area contributed by atoms with E-state index in [0.29, 0.717) is 0 Å². The molecule has 5 aromatic rings. The first-order chi connectivity index (χ1) is 22.1. The zero-order valence-corrected chi connectivity index (χ0v) is 30.0. The molecule has 46 heavy (non-hydrogen) atoms. The maximum atomic E-state index is 2.64. The molecule has 0 spiro atoms. The molecule has 0 amide bonds. The van der Waals surface area contributed by atoms with Crippen LogP contribution in [-0.4, -0.2) is 8.07 Å². The van der Waals surface area contributed by atoms with Gasteiger partial charge < -0.3 is 0 Å². The van der Waals surface area contributed by atoms with Crippen LogP contribution in [0, 0.1) is 13.8 Å². The largest absolute Gasteiger partial charge is 0.161 e. The summed E-state index contributed by atoms with van der Waals surface area (Å²) in [5.74, 6) is 0. The smallest absolute Gasteiger partial charge is 0.0730 e. The van der Waals surface area contributed by atoms with Gasteiger partial charge in [0.1, 0.15) is 0 Å². The number of allylic oxidation sites excluding steroid dienone is 4. The third-order valence-corrected chi connectivity index (χ3v) is 16.3. The van der Waals surface area contributed by atoms with Crippen molar-refractivity contribution in [3.63, 3.8) is 0 Å². The van der Waals surface area contributed by atoms with E-state index in [9.17, 15) is 0 Å². The Balaban J connectivity index is 1.86. The minimum absolute atomic E-state index is 0.179. The normalized spacial score (nSPS) is 17.6. The van der Waals surface area contributed by atoms with Crippen LogP contribution < -0.4 is 15.6 Å². The molecule has 5 aromatic carbocycles. The van der Waals surface area contributed by atoms with Gasteiger partial charge in [-0.25, -0.2) is 0 Å². The fraction of sp³-hybridized carbons (Fsp3) is 0.244. The fourth-order valence-electron chi connectivity index (χ4n) is 8.14. The second kappa shape index (κ2) is 12.5. The van der Waals surface area contributed by atoms with Crippen LogP contribution in [0.2, 0.25) is 5.04 Å². The van der Waals surface area contributed by atoms with E-state index in [-0.39, 0.29) is 5.04 Å². The van der Waals surface area contributed by atoms with Gasteiger partial charge in [-0.15, -0.1) is 0 Å². The average Bonchev–Trinajstić information content (AvgIpc) is 3.27. The third-order valence-electron chi connectivity index (χ3n) is 10.8. The van der Waals surface area contributed by atoms with Crippen molar-refractivity contribution in [3.05, 3.63) is 160 Å². The minimum atomic E-state index is -2.88. The Kier molecular flexibility index (Phi) is 8.66. The van der Waals surface area contributed by atoms with Crippen molar-refractivity contribution >= 4 is 23.6 Å². The van der Waals surface area contributed by atoms with E-state index in [4.69, 9.17) is 0 Å². The van der Waals surface area contributed by atoms with Crippen molar-refractivity contribution in [1.82, 2.24) is 0 Å². The van der Waals surface area contributed by atoms with Crippen LogP contribution in [0.3, 0.4) is 0 Å². The molecule has 0 bridgehead atoms. The molecule has 0 N–H and O–H groups in total. The number of rotatable bonds is 8. The van der Waals surface area contributed by atoms with Gasteiger partial charge in [-0.1, -0.05) is 158 Å². The van der Waals surface area contributed by atoms with Crippen LogP contribution in [0.5, 0.6) is 0 Å². The third kappa shape index (κ3) is 5.35. The summed E-state index contributed by atoms with van der Waals surface area (Å²) < 4.78 is 0. The first-order valence-electron chi connectivity index (χ1n) is 17.0. The molecular formula is C45H48Si. The Hall–Kier alpha value is -4.20. The summed E-state index contributed by atoms with van der Waals surface area (Å²) in [4.78, 5) is 0. The fourth-order valence-corrected chi connectivity index (χ4v) is 14.6. The number of aryl methyl sites for hydroxylation is 4. The van der Waals surface area contributed by atoms with Crippen molar-refractivity contribution in [2.45, 2.75) is 73.3 Å². The van der Waals surface area contributed by atoms with Gasteiger partial charge in [0.15, 0.2) is 8.07 Å². The summed E-state index contributed by atoms with van der Waals surface area (Å²) in [6.45, 7) is 18.8. The topological polar surface area (TPSA) is 0 Å². The van der Waals surface area contributed by atoms with Crippen LogP contribution in [0.15, 0.2) is 138 Å². The predicted molar refractivity (Wildman–Crippen MR) is 204 cm³/mol. The molecule has 6 rings (SSSR count). The molecule has 0 fully saturated rings. The van der Waals surface area contributed by atoms with Gasteiger partial charge in [0.25, 0.3) is 0 Å². The molecule has 1 aliphatic carbocycles. The van der Waals surface area contributed by atoms with E-state index >= 15 is 0 Å². The van der Waals surface area contributed by atoms with Crippen molar-refractivity contribution in [2.24, 2.45) is 0 Å². The molecule has 1 aliphatic rings. The maximum absolute atomic E-state index is 2.88. The van der Waals surface area contributed by atoms with E-state index < -0.39 is 8.07 Å². The second-order valence-electron chi connectivity index (χ2n) is 13.7. The predicted octanol–water partition coefficient (Wildman–Crippen LogP) is 10.3. The quantitative estimate of drug-likeness (QED) is 0.120. The SMILES string of the molecule is CCc1cc(CC)cc([Si](c2cc(C)cc(C)c2)(c2cc(-c3ccccc3)cc(-c3ccccc3)c2)C2(C)C=C(C)C(C)=C2C)c1. The Morgan fingerprint density at radius 3 is 1.39 bits per heavy atom. The molecule has 2 atom stereocenters. The summed E-state index contributed by atoms with van der Waals surface area (Å²) in [5.41, 5.74) is 14.9. The summed E-state index contributed by atoms with van der Waals surface area (Å²) in [5, 5.41) is 4.29. The van der Waals surface area contributed by atoms with Crippen LogP contribution in [0.25, 0.3) is 22.3 Å². The van der Waals surface area contributed by atoms with Gasteiger partial charge in [0.05, 0.1) is 0 Å². The van der Waals surface area contributed by atoms with Crippen molar-refractivity contribution in [3.8, 4) is 22.3 Å².